The molecule has 0 aromatic carbocycles. The summed E-state index contributed by atoms with van der Waals surface area (Å²) in [5.41, 5.74) is 1.93. The van der Waals surface area contributed by atoms with Crippen molar-refractivity contribution < 1.29 is 9.53 Å². The van der Waals surface area contributed by atoms with E-state index in [1.807, 2.05) is 35.0 Å². The molecule has 0 bridgehead atoms. The Balaban J connectivity index is 1.36. The SMILES string of the molecule is O=C(CCc1cn2ccccc2n1)N(CC1CCC1)C[C@H]1CCCO1. The number of amides is 1. The van der Waals surface area contributed by atoms with Crippen LogP contribution in [-0.2, 0) is 16.0 Å². The maximum atomic E-state index is 12.8. The third-order valence-corrected chi connectivity index (χ3v) is 5.51. The van der Waals surface area contributed by atoms with Crippen LogP contribution in [0.15, 0.2) is 30.6 Å². The smallest absolute Gasteiger partial charge is 0.223 e. The molecule has 5 nitrogen and oxygen atoms in total. The van der Waals surface area contributed by atoms with Gasteiger partial charge in [-0.05, 0) is 50.2 Å². The zero-order chi connectivity index (χ0) is 17.1. The Labute approximate surface area is 149 Å². The van der Waals surface area contributed by atoms with Crippen molar-refractivity contribution in [3.05, 3.63) is 36.3 Å². The normalized spacial score (nSPS) is 20.7. The molecule has 134 valence electrons. The highest BCUT2D eigenvalue weighted by Gasteiger charge is 2.27. The molecule has 0 unspecified atom stereocenters. The van der Waals surface area contributed by atoms with E-state index in [0.29, 0.717) is 18.8 Å². The van der Waals surface area contributed by atoms with E-state index in [4.69, 9.17) is 4.74 Å². The Hall–Kier alpha value is -1.88. The van der Waals surface area contributed by atoms with Gasteiger partial charge in [0.2, 0.25) is 5.91 Å². The van der Waals surface area contributed by atoms with Gasteiger partial charge in [-0.1, -0.05) is 12.5 Å². The van der Waals surface area contributed by atoms with Crippen molar-refractivity contribution in [2.75, 3.05) is 19.7 Å². The van der Waals surface area contributed by atoms with Crippen molar-refractivity contribution in [1.82, 2.24) is 14.3 Å². The van der Waals surface area contributed by atoms with E-state index >= 15 is 0 Å². The van der Waals surface area contributed by atoms with Crippen molar-refractivity contribution in [2.24, 2.45) is 5.92 Å². The zero-order valence-electron chi connectivity index (χ0n) is 14.8. The van der Waals surface area contributed by atoms with Crippen molar-refractivity contribution in [1.29, 1.82) is 0 Å². The molecule has 5 heteroatoms. The number of rotatable bonds is 7. The molecule has 1 saturated heterocycles. The molecule has 0 N–H and O–H groups in total. The number of fused-ring (bicyclic) bond motifs is 1. The predicted octanol–water partition coefficient (Wildman–Crippen LogP) is 3.07. The molecule has 1 atom stereocenters. The van der Waals surface area contributed by atoms with Crippen molar-refractivity contribution in [2.45, 2.75) is 51.0 Å². The molecule has 1 aliphatic carbocycles. The summed E-state index contributed by atoms with van der Waals surface area (Å²) in [7, 11) is 0. The molecule has 3 heterocycles. The Kier molecular flexibility index (Phi) is 5.02. The molecule has 4 rings (SSSR count). The molecule has 1 aliphatic heterocycles. The third kappa shape index (κ3) is 4.03. The highest BCUT2D eigenvalue weighted by Crippen LogP contribution is 2.28. The monoisotopic (exact) mass is 341 g/mol. The second-order valence-electron chi connectivity index (χ2n) is 7.43. The van der Waals surface area contributed by atoms with Crippen LogP contribution in [0.3, 0.4) is 0 Å². The number of aromatic nitrogens is 2. The Morgan fingerprint density at radius 1 is 1.24 bits per heavy atom. The van der Waals surface area contributed by atoms with E-state index in [2.05, 4.69) is 9.88 Å². The van der Waals surface area contributed by atoms with Gasteiger partial charge in [-0.2, -0.15) is 0 Å². The maximum absolute atomic E-state index is 12.8. The van der Waals surface area contributed by atoms with E-state index in [9.17, 15) is 4.79 Å². The lowest BCUT2D eigenvalue weighted by molar-refractivity contribution is -0.133. The summed E-state index contributed by atoms with van der Waals surface area (Å²) in [4.78, 5) is 19.5. The van der Waals surface area contributed by atoms with Crippen LogP contribution < -0.4 is 0 Å². The summed E-state index contributed by atoms with van der Waals surface area (Å²) in [6.45, 7) is 2.52. The van der Waals surface area contributed by atoms with Gasteiger partial charge >= 0.3 is 0 Å². The Morgan fingerprint density at radius 2 is 2.16 bits per heavy atom. The fourth-order valence-electron chi connectivity index (χ4n) is 3.80. The Bertz CT molecular complexity index is 684. The van der Waals surface area contributed by atoms with Crippen LogP contribution in [0, 0.1) is 5.92 Å². The first-order valence-corrected chi connectivity index (χ1v) is 9.60. The first kappa shape index (κ1) is 16.6. The first-order valence-electron chi connectivity index (χ1n) is 9.60. The number of nitrogens with zero attached hydrogens (tertiary/aromatic N) is 3. The molecule has 2 fully saturated rings. The maximum Gasteiger partial charge on any atom is 0.223 e. The van der Waals surface area contributed by atoms with E-state index in [1.54, 1.807) is 0 Å². The number of ether oxygens (including phenoxy) is 1. The van der Waals surface area contributed by atoms with Gasteiger partial charge < -0.3 is 14.0 Å². The second-order valence-corrected chi connectivity index (χ2v) is 7.43. The number of aryl methyl sites for hydroxylation is 1. The van der Waals surface area contributed by atoms with Crippen LogP contribution in [0.1, 0.15) is 44.2 Å². The lowest BCUT2D eigenvalue weighted by atomic mass is 9.85. The number of carbonyl (C=O) groups is 1. The third-order valence-electron chi connectivity index (χ3n) is 5.51. The van der Waals surface area contributed by atoms with Crippen molar-refractivity contribution in [3.8, 4) is 0 Å². The summed E-state index contributed by atoms with van der Waals surface area (Å²) in [6, 6.07) is 5.97. The van der Waals surface area contributed by atoms with Crippen LogP contribution >= 0.6 is 0 Å². The second kappa shape index (κ2) is 7.56. The lowest BCUT2D eigenvalue weighted by Gasteiger charge is -2.33. The van der Waals surface area contributed by atoms with Crippen LogP contribution in [0.4, 0.5) is 0 Å². The molecule has 2 aromatic heterocycles. The van der Waals surface area contributed by atoms with E-state index in [1.165, 1.54) is 19.3 Å². The molecular formula is C20H27N3O2. The molecular weight excluding hydrogens is 314 g/mol. The van der Waals surface area contributed by atoms with Gasteiger partial charge in [0.05, 0.1) is 11.8 Å². The first-order chi connectivity index (χ1) is 12.3. The number of hydrogen-bond donors (Lipinski definition) is 0. The van der Waals surface area contributed by atoms with E-state index in [-0.39, 0.29) is 12.0 Å². The van der Waals surface area contributed by atoms with Crippen LogP contribution in [-0.4, -0.2) is 46.0 Å². The average molecular weight is 341 g/mol. The van der Waals surface area contributed by atoms with Crippen LogP contribution in [0.25, 0.3) is 5.65 Å². The van der Waals surface area contributed by atoms with Gasteiger partial charge in [0, 0.05) is 38.5 Å². The number of carbonyl (C=O) groups excluding carboxylic acids is 1. The molecule has 2 aromatic rings. The van der Waals surface area contributed by atoms with Gasteiger partial charge in [-0.3, -0.25) is 4.79 Å². The molecule has 2 aliphatic rings. The summed E-state index contributed by atoms with van der Waals surface area (Å²) >= 11 is 0. The molecule has 1 saturated carbocycles. The van der Waals surface area contributed by atoms with Crippen LogP contribution in [0.5, 0.6) is 0 Å². The highest BCUT2D eigenvalue weighted by atomic mass is 16.5. The number of hydrogen-bond acceptors (Lipinski definition) is 3. The molecule has 0 radical (unpaired) electrons. The van der Waals surface area contributed by atoms with Gasteiger partial charge in [-0.15, -0.1) is 0 Å². The topological polar surface area (TPSA) is 46.8 Å². The van der Waals surface area contributed by atoms with Gasteiger partial charge in [-0.25, -0.2) is 4.98 Å². The predicted molar refractivity (Wildman–Crippen MR) is 96.4 cm³/mol. The number of pyridine rings is 1. The van der Waals surface area contributed by atoms with Gasteiger partial charge in [0.15, 0.2) is 0 Å². The summed E-state index contributed by atoms with van der Waals surface area (Å²) in [6.07, 6.45) is 11.5. The van der Waals surface area contributed by atoms with Gasteiger partial charge in [0.25, 0.3) is 0 Å². The summed E-state index contributed by atoms with van der Waals surface area (Å²) in [5, 5.41) is 0. The molecule has 1 amide bonds. The fraction of sp³-hybridized carbons (Fsp3) is 0.600. The highest BCUT2D eigenvalue weighted by molar-refractivity contribution is 5.76. The average Bonchev–Trinajstić information content (AvgIpc) is 3.23. The largest absolute Gasteiger partial charge is 0.376 e. The number of imidazole rings is 1. The molecule has 25 heavy (non-hydrogen) atoms. The van der Waals surface area contributed by atoms with Crippen molar-refractivity contribution >= 4 is 11.6 Å². The summed E-state index contributed by atoms with van der Waals surface area (Å²) < 4.78 is 7.77. The van der Waals surface area contributed by atoms with Crippen LogP contribution in [0.2, 0.25) is 0 Å². The molecule has 0 spiro atoms. The quantitative estimate of drug-likeness (QED) is 0.777. The zero-order valence-corrected chi connectivity index (χ0v) is 14.8. The fourth-order valence-corrected chi connectivity index (χ4v) is 3.80. The van der Waals surface area contributed by atoms with E-state index in [0.717, 1.165) is 43.9 Å². The lowest BCUT2D eigenvalue weighted by Crippen LogP contribution is -2.41. The minimum absolute atomic E-state index is 0.235. The van der Waals surface area contributed by atoms with E-state index < -0.39 is 0 Å². The summed E-state index contributed by atoms with van der Waals surface area (Å²) in [5.74, 6) is 0.944. The Morgan fingerprint density at radius 3 is 2.88 bits per heavy atom. The minimum atomic E-state index is 0.235. The van der Waals surface area contributed by atoms with Gasteiger partial charge in [0.1, 0.15) is 5.65 Å². The standard InChI is InChI=1S/C20H27N3O2/c24-20(10-9-17-14-22-11-2-1-8-19(22)21-17)23(13-16-5-3-6-16)15-18-7-4-12-25-18/h1-2,8,11,14,16,18H,3-7,9-10,12-13,15H2/t18-/m1/s1. The minimum Gasteiger partial charge on any atom is -0.376 e. The van der Waals surface area contributed by atoms with Crippen molar-refractivity contribution in [3.63, 3.8) is 0 Å².